The van der Waals surface area contributed by atoms with Crippen molar-refractivity contribution in [1.82, 2.24) is 0 Å². The van der Waals surface area contributed by atoms with Gasteiger partial charge in [-0.3, -0.25) is 0 Å². The van der Waals surface area contributed by atoms with Gasteiger partial charge in [0.25, 0.3) is 0 Å². The first-order chi connectivity index (χ1) is 13.6. The quantitative estimate of drug-likeness (QED) is 0.398. The topological polar surface area (TPSA) is 52.6 Å². The van der Waals surface area contributed by atoms with E-state index in [1.807, 2.05) is 19.1 Å². The van der Waals surface area contributed by atoms with Crippen LogP contribution in [0.5, 0.6) is 5.75 Å². The second-order valence-electron chi connectivity index (χ2n) is 7.03. The molecular weight excluding hydrogens is 424 g/mol. The minimum Gasteiger partial charge on any atom is -0.497 e. The monoisotopic (exact) mass is 442 g/mol. The molecule has 0 spiro atoms. The van der Waals surface area contributed by atoms with Crippen LogP contribution >= 0.6 is 7.92 Å². The lowest BCUT2D eigenvalue weighted by atomic mass is 9.89. The van der Waals surface area contributed by atoms with Gasteiger partial charge in [-0.05, 0) is 59.8 Å². The maximum Gasteiger partial charge on any atom is 0.534 e. The molecule has 3 aliphatic heterocycles. The lowest BCUT2D eigenvalue weighted by Gasteiger charge is -2.36. The van der Waals surface area contributed by atoms with E-state index in [0.29, 0.717) is 22.4 Å². The molecule has 1 saturated heterocycles. The van der Waals surface area contributed by atoms with Crippen molar-refractivity contribution in [3.05, 3.63) is 59.2 Å². The molecule has 0 N–H and O–H groups in total. The van der Waals surface area contributed by atoms with Crippen LogP contribution in [0.15, 0.2) is 42.5 Å². The Bertz CT molecular complexity index is 1100. The molecule has 29 heavy (non-hydrogen) atoms. The molecular formula is C20H18F3O4PS. The van der Waals surface area contributed by atoms with Crippen molar-refractivity contribution >= 4 is 34.7 Å². The number of ether oxygens (including phenoxy) is 1. The molecule has 3 heterocycles. The van der Waals surface area contributed by atoms with Crippen molar-refractivity contribution in [3.8, 4) is 5.75 Å². The normalized spacial score (nSPS) is 21.1. The molecule has 0 amide bonds. The zero-order valence-corrected chi connectivity index (χ0v) is 17.4. The van der Waals surface area contributed by atoms with Crippen molar-refractivity contribution in [3.63, 3.8) is 0 Å². The molecule has 0 radical (unpaired) electrons. The molecule has 5 rings (SSSR count). The Morgan fingerprint density at radius 2 is 1.76 bits per heavy atom. The third kappa shape index (κ3) is 3.42. The molecule has 0 unspecified atom stereocenters. The predicted molar refractivity (Wildman–Crippen MR) is 107 cm³/mol. The Hall–Kier alpha value is -2.05. The molecule has 154 valence electrons. The van der Waals surface area contributed by atoms with Crippen molar-refractivity contribution in [2.24, 2.45) is 5.92 Å². The largest absolute Gasteiger partial charge is 0.534 e. The number of methoxy groups -OCH3 is 1. The number of benzene rings is 2. The number of hydrogen-bond donors (Lipinski definition) is 0. The third-order valence-electron chi connectivity index (χ3n) is 5.24. The SMILES string of the molecule is COc1ccc2c(c1)P1CC(C1)C(c1ccccc1C)=C2OS(=O)(=O)C(F)(F)F. The third-order valence-corrected chi connectivity index (χ3v) is 9.00. The second kappa shape index (κ2) is 7.03. The van der Waals surface area contributed by atoms with Crippen LogP contribution in [0.2, 0.25) is 0 Å². The smallest absolute Gasteiger partial charge is 0.497 e. The summed E-state index contributed by atoms with van der Waals surface area (Å²) < 4.78 is 73.4. The summed E-state index contributed by atoms with van der Waals surface area (Å²) in [6.07, 6.45) is 1.55. The highest BCUT2D eigenvalue weighted by atomic mass is 32.2. The van der Waals surface area contributed by atoms with Gasteiger partial charge < -0.3 is 8.92 Å². The second-order valence-corrected chi connectivity index (χ2v) is 10.9. The van der Waals surface area contributed by atoms with Crippen LogP contribution in [0.4, 0.5) is 13.2 Å². The van der Waals surface area contributed by atoms with Crippen LogP contribution in [0.3, 0.4) is 0 Å². The summed E-state index contributed by atoms with van der Waals surface area (Å²) in [7, 11) is -4.92. The van der Waals surface area contributed by atoms with E-state index in [1.165, 1.54) is 7.11 Å². The molecule has 0 aliphatic carbocycles. The van der Waals surface area contributed by atoms with Gasteiger partial charge in [0.15, 0.2) is 5.76 Å². The molecule has 0 saturated carbocycles. The van der Waals surface area contributed by atoms with Crippen LogP contribution in [-0.4, -0.2) is 33.4 Å². The average molecular weight is 442 g/mol. The van der Waals surface area contributed by atoms with E-state index in [0.717, 1.165) is 23.2 Å². The Morgan fingerprint density at radius 1 is 1.07 bits per heavy atom. The molecule has 2 aromatic carbocycles. The van der Waals surface area contributed by atoms with E-state index in [-0.39, 0.29) is 11.7 Å². The maximum absolute atomic E-state index is 13.1. The van der Waals surface area contributed by atoms with E-state index in [2.05, 4.69) is 0 Å². The van der Waals surface area contributed by atoms with Crippen molar-refractivity contribution in [2.45, 2.75) is 12.4 Å². The molecule has 4 nitrogen and oxygen atoms in total. The zero-order chi connectivity index (χ0) is 21.0. The fourth-order valence-corrected chi connectivity index (χ4v) is 6.78. The van der Waals surface area contributed by atoms with E-state index in [1.54, 1.807) is 30.3 Å². The number of alkyl halides is 3. The first kappa shape index (κ1) is 20.2. The standard InChI is InChI=1S/C20H18F3O4PS/c1-12-5-3-4-6-15(12)18-13-10-28(11-13)17-9-14(26-2)7-8-16(17)19(18)27-29(24,25)20(21,22)23/h3-9,13H,10-11H2,1-2H3. The average Bonchev–Trinajstić information content (AvgIpc) is 2.82. The zero-order valence-electron chi connectivity index (χ0n) is 15.7. The number of hydrogen-bond acceptors (Lipinski definition) is 4. The van der Waals surface area contributed by atoms with Crippen LogP contribution in [0, 0.1) is 12.8 Å². The van der Waals surface area contributed by atoms with E-state index >= 15 is 0 Å². The van der Waals surface area contributed by atoms with E-state index in [4.69, 9.17) is 8.92 Å². The van der Waals surface area contributed by atoms with E-state index in [9.17, 15) is 21.6 Å². The Labute approximate surface area is 168 Å². The van der Waals surface area contributed by atoms with Crippen molar-refractivity contribution < 1.29 is 30.5 Å². The summed E-state index contributed by atoms with van der Waals surface area (Å²) in [5.41, 5.74) is -3.03. The lowest BCUT2D eigenvalue weighted by molar-refractivity contribution is -0.0509. The molecule has 2 bridgehead atoms. The maximum atomic E-state index is 13.1. The Balaban J connectivity index is 2.00. The molecule has 1 fully saturated rings. The summed E-state index contributed by atoms with van der Waals surface area (Å²) in [5, 5.41) is 0.812. The summed E-state index contributed by atoms with van der Waals surface area (Å²) in [6, 6.07) is 12.2. The summed E-state index contributed by atoms with van der Waals surface area (Å²) in [6.45, 7) is 1.85. The number of allylic oxidation sites excluding steroid dienone is 1. The van der Waals surface area contributed by atoms with Gasteiger partial charge in [-0.2, -0.15) is 21.6 Å². The highest BCUT2D eigenvalue weighted by molar-refractivity contribution is 7.87. The lowest BCUT2D eigenvalue weighted by Crippen LogP contribution is -2.27. The first-order valence-corrected chi connectivity index (χ1v) is 12.0. The van der Waals surface area contributed by atoms with Crippen LogP contribution in [0.25, 0.3) is 11.3 Å². The molecule has 0 atom stereocenters. The summed E-state index contributed by atoms with van der Waals surface area (Å²) >= 11 is 0. The van der Waals surface area contributed by atoms with Crippen LogP contribution in [-0.2, 0) is 14.3 Å². The molecule has 0 aromatic heterocycles. The number of halogens is 3. The fraction of sp³-hybridized carbons (Fsp3) is 0.300. The van der Waals surface area contributed by atoms with Crippen molar-refractivity contribution in [2.75, 3.05) is 19.4 Å². The molecule has 3 aliphatic rings. The molecule has 2 aromatic rings. The first-order valence-electron chi connectivity index (χ1n) is 8.86. The van der Waals surface area contributed by atoms with Gasteiger partial charge in [0.1, 0.15) is 5.75 Å². The van der Waals surface area contributed by atoms with Gasteiger partial charge >= 0.3 is 15.6 Å². The van der Waals surface area contributed by atoms with Crippen LogP contribution < -0.4 is 10.0 Å². The number of rotatable bonds is 4. The minimum absolute atomic E-state index is 0.0564. The van der Waals surface area contributed by atoms with Crippen LogP contribution in [0.1, 0.15) is 16.7 Å². The fourth-order valence-electron chi connectivity index (χ4n) is 3.74. The number of aryl methyl sites for hydroxylation is 1. The van der Waals surface area contributed by atoms with Gasteiger partial charge in [-0.25, -0.2) is 0 Å². The minimum atomic E-state index is -5.81. The van der Waals surface area contributed by atoms with Gasteiger partial charge in [0.2, 0.25) is 0 Å². The Kier molecular flexibility index (Phi) is 4.90. The molecule has 9 heteroatoms. The van der Waals surface area contributed by atoms with Gasteiger partial charge in [0.05, 0.1) is 7.11 Å². The van der Waals surface area contributed by atoms with Gasteiger partial charge in [-0.1, -0.05) is 32.2 Å². The van der Waals surface area contributed by atoms with Gasteiger partial charge in [-0.15, -0.1) is 0 Å². The summed E-state index contributed by atoms with van der Waals surface area (Å²) in [5.74, 6) is 0.299. The van der Waals surface area contributed by atoms with Crippen molar-refractivity contribution in [1.29, 1.82) is 0 Å². The highest BCUT2D eigenvalue weighted by Gasteiger charge is 2.51. The summed E-state index contributed by atoms with van der Waals surface area (Å²) in [4.78, 5) is 0. The van der Waals surface area contributed by atoms with Gasteiger partial charge in [0, 0.05) is 11.1 Å². The van der Waals surface area contributed by atoms with E-state index < -0.39 is 23.5 Å². The Morgan fingerprint density at radius 3 is 2.38 bits per heavy atom. The predicted octanol–water partition coefficient (Wildman–Crippen LogP) is 4.49. The highest BCUT2D eigenvalue weighted by Crippen LogP contribution is 2.59.